The lowest BCUT2D eigenvalue weighted by molar-refractivity contribution is 0.0398. The van der Waals surface area contributed by atoms with Crippen LogP contribution in [0.2, 0.25) is 0 Å². The van der Waals surface area contributed by atoms with Gasteiger partial charge < -0.3 is 10.1 Å². The van der Waals surface area contributed by atoms with Crippen molar-refractivity contribution in [3.8, 4) is 0 Å². The predicted octanol–water partition coefficient (Wildman–Crippen LogP) is 2.08. The Morgan fingerprint density at radius 2 is 2.15 bits per heavy atom. The molecule has 1 N–H and O–H groups in total. The molecule has 1 aromatic carbocycles. The number of nitrogens with zero attached hydrogens (tertiary/aromatic N) is 3. The maximum absolute atomic E-state index is 5.35. The third kappa shape index (κ3) is 2.97. The van der Waals surface area contributed by atoms with E-state index in [0.29, 0.717) is 0 Å². The first-order valence-corrected chi connectivity index (χ1v) is 7.69. The minimum absolute atomic E-state index is 0.848. The normalized spacial score (nSPS) is 16.7. The summed E-state index contributed by atoms with van der Waals surface area (Å²) in [5, 5.41) is 9.17. The molecule has 2 aromatic rings. The second kappa shape index (κ2) is 6.11. The maximum Gasteiger partial charge on any atom is 0.156 e. The molecule has 3 rings (SSSR count). The summed E-state index contributed by atoms with van der Waals surface area (Å²) in [4.78, 5) is 2.41. The van der Waals surface area contributed by atoms with Crippen molar-refractivity contribution < 1.29 is 4.74 Å². The van der Waals surface area contributed by atoms with Crippen LogP contribution in [0.3, 0.4) is 0 Å². The number of anilines is 1. The first-order chi connectivity index (χ1) is 9.74. The number of nitrogens with one attached hydrogen (secondary N) is 1. The molecule has 0 saturated carbocycles. The Bertz CT molecular complexity index is 592. The van der Waals surface area contributed by atoms with Gasteiger partial charge in [-0.1, -0.05) is 15.9 Å². The Morgan fingerprint density at radius 1 is 1.35 bits per heavy atom. The molecule has 1 aliphatic rings. The number of hydrogen-bond acceptors (Lipinski definition) is 4. The van der Waals surface area contributed by atoms with Gasteiger partial charge in [-0.2, -0.15) is 5.10 Å². The van der Waals surface area contributed by atoms with Crippen LogP contribution >= 0.6 is 15.9 Å². The zero-order chi connectivity index (χ0) is 13.9. The SMILES string of the molecule is Cn1nc(NCCN2CCOCC2)c2ccc(Br)cc21. The van der Waals surface area contributed by atoms with Crippen molar-refractivity contribution in [3.05, 3.63) is 22.7 Å². The minimum Gasteiger partial charge on any atom is -0.379 e. The van der Waals surface area contributed by atoms with Crippen LogP contribution in [0.5, 0.6) is 0 Å². The van der Waals surface area contributed by atoms with E-state index in [4.69, 9.17) is 4.74 Å². The summed E-state index contributed by atoms with van der Waals surface area (Å²) in [6.07, 6.45) is 0. The van der Waals surface area contributed by atoms with Gasteiger partial charge in [-0.15, -0.1) is 0 Å². The molecule has 6 heteroatoms. The number of hydrogen-bond donors (Lipinski definition) is 1. The van der Waals surface area contributed by atoms with Crippen LogP contribution in [-0.2, 0) is 11.8 Å². The molecule has 5 nitrogen and oxygen atoms in total. The first kappa shape index (κ1) is 13.9. The van der Waals surface area contributed by atoms with Gasteiger partial charge in [0.2, 0.25) is 0 Å². The van der Waals surface area contributed by atoms with Gasteiger partial charge in [-0.25, -0.2) is 0 Å². The Balaban J connectivity index is 1.65. The monoisotopic (exact) mass is 338 g/mol. The average Bonchev–Trinajstić information content (AvgIpc) is 2.76. The summed E-state index contributed by atoms with van der Waals surface area (Å²) in [5.74, 6) is 0.961. The van der Waals surface area contributed by atoms with Gasteiger partial charge in [0.15, 0.2) is 5.82 Å². The number of aryl methyl sites for hydroxylation is 1. The van der Waals surface area contributed by atoms with Gasteiger partial charge in [0.25, 0.3) is 0 Å². The molecule has 1 aromatic heterocycles. The first-order valence-electron chi connectivity index (χ1n) is 6.90. The van der Waals surface area contributed by atoms with Crippen LogP contribution in [0.25, 0.3) is 10.9 Å². The Labute approximate surface area is 127 Å². The molecular weight excluding hydrogens is 320 g/mol. The van der Waals surface area contributed by atoms with Crippen LogP contribution in [-0.4, -0.2) is 54.1 Å². The zero-order valence-corrected chi connectivity index (χ0v) is 13.2. The Hall–Kier alpha value is -1.11. The second-order valence-corrected chi connectivity index (χ2v) is 5.93. The highest BCUT2D eigenvalue weighted by Crippen LogP contribution is 2.25. The third-order valence-corrected chi connectivity index (χ3v) is 4.13. The maximum atomic E-state index is 5.35. The van der Waals surface area contributed by atoms with E-state index in [2.05, 4.69) is 49.4 Å². The van der Waals surface area contributed by atoms with E-state index < -0.39 is 0 Å². The van der Waals surface area contributed by atoms with Crippen LogP contribution in [0, 0.1) is 0 Å². The van der Waals surface area contributed by atoms with Gasteiger partial charge in [0.05, 0.1) is 18.7 Å². The van der Waals surface area contributed by atoms with E-state index in [1.54, 1.807) is 0 Å². The summed E-state index contributed by atoms with van der Waals surface area (Å²) in [5.41, 5.74) is 1.13. The topological polar surface area (TPSA) is 42.3 Å². The number of ether oxygens (including phenoxy) is 1. The Morgan fingerprint density at radius 3 is 2.95 bits per heavy atom. The molecule has 108 valence electrons. The average molecular weight is 339 g/mol. The highest BCUT2D eigenvalue weighted by atomic mass is 79.9. The van der Waals surface area contributed by atoms with E-state index in [0.717, 1.165) is 60.6 Å². The summed E-state index contributed by atoms with van der Waals surface area (Å²) in [6, 6.07) is 6.25. The molecule has 0 aliphatic carbocycles. The molecule has 20 heavy (non-hydrogen) atoms. The molecular formula is C14H19BrN4O. The highest BCUT2D eigenvalue weighted by Gasteiger charge is 2.11. The molecule has 0 amide bonds. The number of morpholine rings is 1. The van der Waals surface area contributed by atoms with E-state index >= 15 is 0 Å². The third-order valence-electron chi connectivity index (χ3n) is 3.64. The van der Waals surface area contributed by atoms with Gasteiger partial charge in [-0.05, 0) is 18.2 Å². The summed E-state index contributed by atoms with van der Waals surface area (Å²) in [6.45, 7) is 5.68. The van der Waals surface area contributed by atoms with E-state index in [9.17, 15) is 0 Å². The van der Waals surface area contributed by atoms with Crippen LogP contribution < -0.4 is 5.32 Å². The number of benzene rings is 1. The highest BCUT2D eigenvalue weighted by molar-refractivity contribution is 9.10. The summed E-state index contributed by atoms with van der Waals surface area (Å²) < 4.78 is 8.34. The zero-order valence-electron chi connectivity index (χ0n) is 11.6. The number of halogens is 1. The number of aromatic nitrogens is 2. The van der Waals surface area contributed by atoms with Gasteiger partial charge in [0.1, 0.15) is 0 Å². The van der Waals surface area contributed by atoms with E-state index in [1.807, 2.05) is 11.7 Å². The molecule has 1 fully saturated rings. The molecule has 0 unspecified atom stereocenters. The molecule has 0 spiro atoms. The lowest BCUT2D eigenvalue weighted by Crippen LogP contribution is -2.39. The van der Waals surface area contributed by atoms with Gasteiger partial charge in [0, 0.05) is 43.1 Å². The van der Waals surface area contributed by atoms with Crippen LogP contribution in [0.15, 0.2) is 22.7 Å². The summed E-state index contributed by atoms with van der Waals surface area (Å²) >= 11 is 3.50. The lowest BCUT2D eigenvalue weighted by Gasteiger charge is -2.26. The van der Waals surface area contributed by atoms with Crippen molar-refractivity contribution in [2.45, 2.75) is 0 Å². The van der Waals surface area contributed by atoms with Crippen LogP contribution in [0.1, 0.15) is 0 Å². The fraction of sp³-hybridized carbons (Fsp3) is 0.500. The van der Waals surface area contributed by atoms with Crippen molar-refractivity contribution in [2.75, 3.05) is 44.7 Å². The molecule has 1 aliphatic heterocycles. The van der Waals surface area contributed by atoms with Crippen LogP contribution in [0.4, 0.5) is 5.82 Å². The molecule has 1 saturated heterocycles. The molecule has 2 heterocycles. The summed E-state index contributed by atoms with van der Waals surface area (Å²) in [7, 11) is 1.97. The minimum atomic E-state index is 0.848. The fourth-order valence-electron chi connectivity index (χ4n) is 2.52. The quantitative estimate of drug-likeness (QED) is 0.926. The molecule has 0 atom stereocenters. The fourth-order valence-corrected chi connectivity index (χ4v) is 2.87. The van der Waals surface area contributed by atoms with E-state index in [1.165, 1.54) is 0 Å². The van der Waals surface area contributed by atoms with Crippen molar-refractivity contribution in [2.24, 2.45) is 7.05 Å². The van der Waals surface area contributed by atoms with Crippen molar-refractivity contribution in [3.63, 3.8) is 0 Å². The molecule has 0 radical (unpaired) electrons. The predicted molar refractivity (Wildman–Crippen MR) is 84.2 cm³/mol. The largest absolute Gasteiger partial charge is 0.379 e. The number of fused-ring (bicyclic) bond motifs is 1. The van der Waals surface area contributed by atoms with Gasteiger partial charge >= 0.3 is 0 Å². The lowest BCUT2D eigenvalue weighted by atomic mass is 10.2. The van der Waals surface area contributed by atoms with Crippen molar-refractivity contribution >= 4 is 32.7 Å². The van der Waals surface area contributed by atoms with Gasteiger partial charge in [-0.3, -0.25) is 9.58 Å². The number of rotatable bonds is 4. The van der Waals surface area contributed by atoms with E-state index in [-0.39, 0.29) is 0 Å². The molecule has 0 bridgehead atoms. The Kier molecular flexibility index (Phi) is 4.24. The smallest absolute Gasteiger partial charge is 0.156 e. The standard InChI is InChI=1S/C14H19BrN4O/c1-18-13-10-11(15)2-3-12(13)14(17-18)16-4-5-19-6-8-20-9-7-19/h2-3,10H,4-9H2,1H3,(H,16,17). The second-order valence-electron chi connectivity index (χ2n) is 5.01. The van der Waals surface area contributed by atoms with Crippen molar-refractivity contribution in [1.82, 2.24) is 14.7 Å². The van der Waals surface area contributed by atoms with Crippen molar-refractivity contribution in [1.29, 1.82) is 0 Å².